The van der Waals surface area contributed by atoms with E-state index in [1.54, 1.807) is 0 Å². The molecular weight excluding hydrogens is 362 g/mol. The number of aromatic nitrogens is 1. The predicted molar refractivity (Wildman–Crippen MR) is 114 cm³/mol. The fourth-order valence-electron chi connectivity index (χ4n) is 3.87. The molecule has 29 heavy (non-hydrogen) atoms. The van der Waals surface area contributed by atoms with Crippen molar-refractivity contribution in [2.24, 2.45) is 5.92 Å². The van der Waals surface area contributed by atoms with Crippen LogP contribution in [0.15, 0.2) is 72.9 Å². The van der Waals surface area contributed by atoms with Crippen LogP contribution in [0.2, 0.25) is 0 Å². The highest BCUT2D eigenvalue weighted by Crippen LogP contribution is 2.23. The predicted octanol–water partition coefficient (Wildman–Crippen LogP) is 3.06. The molecule has 148 valence electrons. The number of nitrogens with two attached hydrogens (primary N) is 1. The highest BCUT2D eigenvalue weighted by Gasteiger charge is 2.24. The number of likely N-dealkylation sites (tertiary alicyclic amines) is 1. The molecular formula is C24H26N3O2+. The molecule has 4 rings (SSSR count). The number of aliphatic hydroxyl groups is 1. The number of aliphatic hydroxyl groups excluding tert-OH is 1. The summed E-state index contributed by atoms with van der Waals surface area (Å²) in [4.78, 5) is 14.9. The molecule has 5 heteroatoms. The van der Waals surface area contributed by atoms with Gasteiger partial charge in [0.05, 0.1) is 5.69 Å². The highest BCUT2D eigenvalue weighted by atomic mass is 16.3. The Morgan fingerprint density at radius 1 is 1.03 bits per heavy atom. The lowest BCUT2D eigenvalue weighted by Gasteiger charge is -2.31. The number of nitrogens with zero attached hydrogens (tertiary/aromatic N) is 2. The van der Waals surface area contributed by atoms with Gasteiger partial charge in [-0.05, 0) is 43.0 Å². The zero-order chi connectivity index (χ0) is 20.2. The summed E-state index contributed by atoms with van der Waals surface area (Å²) in [6.45, 7) is 1.59. The third kappa shape index (κ3) is 4.15. The van der Waals surface area contributed by atoms with Crippen LogP contribution < -0.4 is 10.3 Å². The first-order chi connectivity index (χ1) is 14.2. The molecule has 1 aromatic heterocycles. The molecule has 1 amide bonds. The van der Waals surface area contributed by atoms with Gasteiger partial charge in [-0.2, -0.15) is 4.57 Å². The van der Waals surface area contributed by atoms with Gasteiger partial charge in [0.15, 0.2) is 6.20 Å². The summed E-state index contributed by atoms with van der Waals surface area (Å²) in [5, 5.41) is 9.32. The summed E-state index contributed by atoms with van der Waals surface area (Å²) >= 11 is 0. The average molecular weight is 388 g/mol. The molecule has 0 bridgehead atoms. The molecule has 1 aliphatic rings. The van der Waals surface area contributed by atoms with Gasteiger partial charge in [0.2, 0.25) is 11.4 Å². The molecule has 5 nitrogen and oxygen atoms in total. The van der Waals surface area contributed by atoms with Crippen LogP contribution in [0, 0.1) is 5.92 Å². The van der Waals surface area contributed by atoms with Gasteiger partial charge in [0, 0.05) is 49.0 Å². The number of hydrogen-bond donors (Lipinski definition) is 2. The second-order valence-corrected chi connectivity index (χ2v) is 7.55. The van der Waals surface area contributed by atoms with Crippen LogP contribution in [0.3, 0.4) is 0 Å². The van der Waals surface area contributed by atoms with E-state index in [0.717, 1.165) is 29.8 Å². The van der Waals surface area contributed by atoms with Crippen molar-refractivity contribution in [1.82, 2.24) is 4.90 Å². The first kappa shape index (κ1) is 19.2. The second-order valence-electron chi connectivity index (χ2n) is 7.55. The van der Waals surface area contributed by atoms with Crippen molar-refractivity contribution < 1.29 is 14.5 Å². The number of benzene rings is 2. The largest absolute Gasteiger partial charge is 0.396 e. The monoisotopic (exact) mass is 388 g/mol. The standard InChI is InChI=1S/C24H26N3O2/c25-21-9-10-23(27(16-21)22-7-2-1-3-8-22)19-5-4-6-20(15-19)24(29)26-13-11-18(17-28)12-14-26/h1-10,15-16,18,28H,11-14,17,25H2/q+1. The van der Waals surface area contributed by atoms with Crippen LogP contribution >= 0.6 is 0 Å². The number of piperidine rings is 1. The van der Waals surface area contributed by atoms with E-state index in [9.17, 15) is 9.90 Å². The maximum absolute atomic E-state index is 13.0. The molecule has 0 atom stereocenters. The van der Waals surface area contributed by atoms with Gasteiger partial charge in [0.1, 0.15) is 0 Å². The van der Waals surface area contributed by atoms with Crippen LogP contribution in [0.4, 0.5) is 5.69 Å². The van der Waals surface area contributed by atoms with E-state index in [2.05, 4.69) is 0 Å². The lowest BCUT2D eigenvalue weighted by atomic mass is 9.97. The number of amides is 1. The van der Waals surface area contributed by atoms with E-state index in [4.69, 9.17) is 5.73 Å². The SMILES string of the molecule is Nc1ccc(-c2cccc(C(=O)N3CCC(CO)CC3)c2)[n+](-c2ccccc2)c1. The average Bonchev–Trinajstić information content (AvgIpc) is 2.79. The van der Waals surface area contributed by atoms with Crippen LogP contribution in [0.5, 0.6) is 0 Å². The molecule has 3 N–H and O–H groups in total. The second kappa shape index (κ2) is 8.45. The lowest BCUT2D eigenvalue weighted by Crippen LogP contribution is -2.39. The van der Waals surface area contributed by atoms with Gasteiger partial charge in [-0.1, -0.05) is 24.3 Å². The summed E-state index contributed by atoms with van der Waals surface area (Å²) in [6.07, 6.45) is 3.61. The van der Waals surface area contributed by atoms with Crippen molar-refractivity contribution in [3.63, 3.8) is 0 Å². The van der Waals surface area contributed by atoms with E-state index >= 15 is 0 Å². The number of carbonyl (C=O) groups is 1. The Morgan fingerprint density at radius 2 is 1.79 bits per heavy atom. The molecule has 0 spiro atoms. The van der Waals surface area contributed by atoms with Crippen molar-refractivity contribution in [2.45, 2.75) is 12.8 Å². The lowest BCUT2D eigenvalue weighted by molar-refractivity contribution is -0.583. The Bertz CT molecular complexity index is 996. The van der Waals surface area contributed by atoms with E-state index in [0.29, 0.717) is 30.3 Å². The summed E-state index contributed by atoms with van der Waals surface area (Å²) in [6, 6.07) is 21.6. The van der Waals surface area contributed by atoms with E-state index in [1.807, 2.05) is 82.4 Å². The zero-order valence-electron chi connectivity index (χ0n) is 16.4. The number of pyridine rings is 1. The molecule has 0 aliphatic carbocycles. The van der Waals surface area contributed by atoms with Crippen molar-refractivity contribution in [3.05, 3.63) is 78.5 Å². The highest BCUT2D eigenvalue weighted by molar-refractivity contribution is 5.95. The molecule has 2 aromatic carbocycles. The van der Waals surface area contributed by atoms with E-state index < -0.39 is 0 Å². The third-order valence-electron chi connectivity index (χ3n) is 5.57. The van der Waals surface area contributed by atoms with Crippen molar-refractivity contribution in [2.75, 3.05) is 25.4 Å². The van der Waals surface area contributed by atoms with Gasteiger partial charge in [-0.3, -0.25) is 4.79 Å². The molecule has 0 unspecified atom stereocenters. The Labute approximate surface area is 171 Å². The normalized spacial score (nSPS) is 14.7. The van der Waals surface area contributed by atoms with Crippen LogP contribution in [-0.2, 0) is 0 Å². The fraction of sp³-hybridized carbons (Fsp3) is 0.250. The number of para-hydroxylation sites is 1. The topological polar surface area (TPSA) is 70.4 Å². The van der Waals surface area contributed by atoms with Crippen molar-refractivity contribution >= 4 is 11.6 Å². The van der Waals surface area contributed by atoms with Gasteiger partial charge in [-0.15, -0.1) is 0 Å². The zero-order valence-corrected chi connectivity index (χ0v) is 16.4. The van der Waals surface area contributed by atoms with Gasteiger partial charge < -0.3 is 15.7 Å². The summed E-state index contributed by atoms with van der Waals surface area (Å²) in [7, 11) is 0. The number of rotatable bonds is 4. The fourth-order valence-corrected chi connectivity index (χ4v) is 3.87. The van der Waals surface area contributed by atoms with Crippen molar-refractivity contribution in [3.8, 4) is 16.9 Å². The summed E-state index contributed by atoms with van der Waals surface area (Å²) in [5.41, 5.74) is 10.3. The van der Waals surface area contributed by atoms with Crippen LogP contribution in [-0.4, -0.2) is 35.6 Å². The quantitative estimate of drug-likeness (QED) is 0.675. The molecule has 3 aromatic rings. The number of nitrogen functional groups attached to an aromatic ring is 1. The van der Waals surface area contributed by atoms with Crippen molar-refractivity contribution in [1.29, 1.82) is 0 Å². The number of anilines is 1. The van der Waals surface area contributed by atoms with Gasteiger partial charge in [0.25, 0.3) is 5.91 Å². The maximum Gasteiger partial charge on any atom is 0.253 e. The van der Waals surface area contributed by atoms with Crippen LogP contribution in [0.25, 0.3) is 16.9 Å². The maximum atomic E-state index is 13.0. The Kier molecular flexibility index (Phi) is 5.58. The Balaban J connectivity index is 1.66. The number of carbonyl (C=O) groups excluding carboxylic acids is 1. The third-order valence-corrected chi connectivity index (χ3v) is 5.57. The van der Waals surface area contributed by atoms with Gasteiger partial charge >= 0.3 is 0 Å². The first-order valence-electron chi connectivity index (χ1n) is 10.0. The minimum Gasteiger partial charge on any atom is -0.396 e. The molecule has 2 heterocycles. The Morgan fingerprint density at radius 3 is 2.52 bits per heavy atom. The minimum absolute atomic E-state index is 0.0462. The summed E-state index contributed by atoms with van der Waals surface area (Å²) in [5.74, 6) is 0.356. The molecule has 1 aliphatic heterocycles. The number of hydrogen-bond acceptors (Lipinski definition) is 3. The first-order valence-corrected chi connectivity index (χ1v) is 10.0. The smallest absolute Gasteiger partial charge is 0.253 e. The van der Waals surface area contributed by atoms with E-state index in [-0.39, 0.29) is 12.5 Å². The van der Waals surface area contributed by atoms with E-state index in [1.165, 1.54) is 0 Å². The van der Waals surface area contributed by atoms with Crippen LogP contribution in [0.1, 0.15) is 23.2 Å². The molecule has 1 fully saturated rings. The molecule has 0 saturated carbocycles. The Hall–Kier alpha value is -3.18. The van der Waals surface area contributed by atoms with Gasteiger partial charge in [-0.25, -0.2) is 0 Å². The molecule has 0 radical (unpaired) electrons. The summed E-state index contributed by atoms with van der Waals surface area (Å²) < 4.78 is 2.05. The molecule has 1 saturated heterocycles. The minimum atomic E-state index is 0.0462.